The van der Waals surface area contributed by atoms with Crippen molar-refractivity contribution in [1.29, 1.82) is 0 Å². The molecule has 0 bridgehead atoms. The molecule has 0 radical (unpaired) electrons. The molecular weight excluding hydrogens is 405 g/mol. The summed E-state index contributed by atoms with van der Waals surface area (Å²) in [5, 5.41) is 9.38. The molecule has 1 atom stereocenters. The Kier molecular flexibility index (Phi) is 4.64. The molecule has 1 aliphatic carbocycles. The zero-order valence-corrected chi connectivity index (χ0v) is 15.1. The van der Waals surface area contributed by atoms with E-state index in [-0.39, 0.29) is 5.75 Å². The Morgan fingerprint density at radius 3 is 1.62 bits per heavy atom. The minimum atomic E-state index is -5.78. The predicted octanol–water partition coefficient (Wildman–Crippen LogP) is 6.20. The lowest BCUT2D eigenvalue weighted by molar-refractivity contribution is -0.286. The van der Waals surface area contributed by atoms with E-state index in [2.05, 4.69) is 4.74 Å². The number of alkyl halides is 5. The Labute approximate surface area is 161 Å². The summed E-state index contributed by atoms with van der Waals surface area (Å²) < 4.78 is 99.2. The van der Waals surface area contributed by atoms with E-state index in [0.717, 1.165) is 17.7 Å². The SMILES string of the molecule is CC(C)(c1ccc(O)cc1)c1ccc(OC2(F)C(F)=C(F)C(F)(F)C2(F)F)cc1. The molecule has 2 aromatic carbocycles. The minimum Gasteiger partial charge on any atom is -0.508 e. The highest BCUT2D eigenvalue weighted by molar-refractivity contribution is 5.42. The van der Waals surface area contributed by atoms with Gasteiger partial charge in [-0.3, -0.25) is 0 Å². The molecule has 2 aromatic rings. The maximum Gasteiger partial charge on any atom is 0.391 e. The third kappa shape index (κ3) is 2.94. The van der Waals surface area contributed by atoms with E-state index >= 15 is 0 Å². The van der Waals surface area contributed by atoms with Gasteiger partial charge in [-0.1, -0.05) is 38.1 Å². The Balaban J connectivity index is 1.91. The fourth-order valence-corrected chi connectivity index (χ4v) is 3.01. The Bertz CT molecular complexity index is 950. The van der Waals surface area contributed by atoms with E-state index < -0.39 is 40.5 Å². The van der Waals surface area contributed by atoms with Gasteiger partial charge in [-0.15, -0.1) is 0 Å². The summed E-state index contributed by atoms with van der Waals surface area (Å²) in [5.41, 5.74) is 0.708. The van der Waals surface area contributed by atoms with Gasteiger partial charge in [-0.25, -0.2) is 8.78 Å². The van der Waals surface area contributed by atoms with Crippen LogP contribution in [0.2, 0.25) is 0 Å². The maximum atomic E-state index is 14.4. The third-order valence-corrected chi connectivity index (χ3v) is 4.97. The second-order valence-corrected chi connectivity index (χ2v) is 7.17. The summed E-state index contributed by atoms with van der Waals surface area (Å²) in [5.74, 6) is -23.3. The molecule has 0 saturated carbocycles. The van der Waals surface area contributed by atoms with Crippen LogP contribution >= 0.6 is 0 Å². The van der Waals surface area contributed by atoms with E-state index in [1.54, 1.807) is 26.0 Å². The number of aromatic hydroxyl groups is 1. The number of ether oxygens (including phenoxy) is 1. The van der Waals surface area contributed by atoms with Crippen molar-refractivity contribution < 1.29 is 40.6 Å². The van der Waals surface area contributed by atoms with Crippen molar-refractivity contribution >= 4 is 0 Å². The second-order valence-electron chi connectivity index (χ2n) is 7.17. The van der Waals surface area contributed by atoms with Crippen LogP contribution in [0, 0.1) is 0 Å². The van der Waals surface area contributed by atoms with E-state index in [1.807, 2.05) is 0 Å². The standard InChI is InChI=1S/C20H15F7O2/c1-17(2,11-3-7-13(28)8-4-11)12-5-9-14(10-6-12)29-19(25)16(22)15(21)18(23,24)20(19,26)27/h3-10,28H,1-2H3. The van der Waals surface area contributed by atoms with Crippen LogP contribution in [-0.2, 0) is 5.41 Å². The van der Waals surface area contributed by atoms with Gasteiger partial charge in [0.05, 0.1) is 0 Å². The largest absolute Gasteiger partial charge is 0.508 e. The lowest BCUT2D eigenvalue weighted by Gasteiger charge is -2.30. The zero-order chi connectivity index (χ0) is 21.8. The van der Waals surface area contributed by atoms with Crippen LogP contribution in [0.3, 0.4) is 0 Å². The minimum absolute atomic E-state index is 0.0538. The molecule has 0 spiro atoms. The normalized spacial score (nSPS) is 23.3. The highest BCUT2D eigenvalue weighted by Crippen LogP contribution is 2.59. The van der Waals surface area contributed by atoms with Gasteiger partial charge in [0.25, 0.3) is 0 Å². The Morgan fingerprint density at radius 1 is 0.759 bits per heavy atom. The fraction of sp³-hybridized carbons (Fsp3) is 0.300. The second kappa shape index (κ2) is 6.40. The van der Waals surface area contributed by atoms with Crippen LogP contribution in [0.4, 0.5) is 30.7 Å². The van der Waals surface area contributed by atoms with Crippen molar-refractivity contribution in [3.8, 4) is 11.5 Å². The Hall–Kier alpha value is -2.71. The number of halogens is 7. The summed E-state index contributed by atoms with van der Waals surface area (Å²) in [6.45, 7) is 3.60. The van der Waals surface area contributed by atoms with Crippen LogP contribution in [0.15, 0.2) is 60.2 Å². The molecule has 3 rings (SSSR count). The molecule has 0 aromatic heterocycles. The van der Waals surface area contributed by atoms with Gasteiger partial charge < -0.3 is 9.84 Å². The fourth-order valence-electron chi connectivity index (χ4n) is 3.01. The first-order chi connectivity index (χ1) is 13.2. The number of phenols is 1. The smallest absolute Gasteiger partial charge is 0.391 e. The molecule has 1 aliphatic rings. The third-order valence-electron chi connectivity index (χ3n) is 4.97. The first-order valence-electron chi connectivity index (χ1n) is 8.35. The molecule has 0 aliphatic heterocycles. The topological polar surface area (TPSA) is 29.5 Å². The molecule has 0 heterocycles. The average Bonchev–Trinajstić information content (AvgIpc) is 2.74. The molecule has 1 unspecified atom stereocenters. The van der Waals surface area contributed by atoms with Crippen molar-refractivity contribution in [3.63, 3.8) is 0 Å². The molecule has 1 N–H and O–H groups in total. The van der Waals surface area contributed by atoms with Crippen LogP contribution in [-0.4, -0.2) is 22.8 Å². The molecule has 9 heteroatoms. The number of rotatable bonds is 4. The molecule has 2 nitrogen and oxygen atoms in total. The van der Waals surface area contributed by atoms with E-state index in [1.165, 1.54) is 24.3 Å². The van der Waals surface area contributed by atoms with E-state index in [9.17, 15) is 35.8 Å². The summed E-state index contributed by atoms with van der Waals surface area (Å²) >= 11 is 0. The quantitative estimate of drug-likeness (QED) is 0.597. The van der Waals surface area contributed by atoms with Crippen LogP contribution in [0.1, 0.15) is 25.0 Å². The highest BCUT2D eigenvalue weighted by atomic mass is 19.3. The first-order valence-corrected chi connectivity index (χ1v) is 8.35. The van der Waals surface area contributed by atoms with Crippen molar-refractivity contribution in [3.05, 3.63) is 71.3 Å². The average molecular weight is 420 g/mol. The van der Waals surface area contributed by atoms with Crippen molar-refractivity contribution in [2.45, 2.75) is 37.0 Å². The molecular formula is C20H15F7O2. The maximum absolute atomic E-state index is 14.4. The monoisotopic (exact) mass is 420 g/mol. The van der Waals surface area contributed by atoms with Crippen molar-refractivity contribution in [1.82, 2.24) is 0 Å². The summed E-state index contributed by atoms with van der Waals surface area (Å²) in [6.07, 6.45) is 0. The van der Waals surface area contributed by atoms with E-state index in [0.29, 0.717) is 5.56 Å². The number of phenolic OH excluding ortho intramolecular Hbond substituents is 1. The summed E-state index contributed by atoms with van der Waals surface area (Å²) in [6, 6.07) is 10.9. The van der Waals surface area contributed by atoms with Gasteiger partial charge in [-0.05, 0) is 35.4 Å². The molecule has 0 saturated heterocycles. The predicted molar refractivity (Wildman–Crippen MR) is 90.3 cm³/mol. The van der Waals surface area contributed by atoms with Gasteiger partial charge >= 0.3 is 17.7 Å². The van der Waals surface area contributed by atoms with Crippen LogP contribution < -0.4 is 4.74 Å². The summed E-state index contributed by atoms with van der Waals surface area (Å²) in [4.78, 5) is 0. The highest BCUT2D eigenvalue weighted by Gasteiger charge is 2.83. The number of hydrogen-bond donors (Lipinski definition) is 1. The van der Waals surface area contributed by atoms with Gasteiger partial charge in [0, 0.05) is 5.41 Å². The molecule has 156 valence electrons. The number of allylic oxidation sites excluding steroid dienone is 1. The van der Waals surface area contributed by atoms with Crippen LogP contribution in [0.25, 0.3) is 0 Å². The lowest BCUT2D eigenvalue weighted by atomic mass is 9.78. The number of benzene rings is 2. The van der Waals surface area contributed by atoms with Gasteiger partial charge in [0.2, 0.25) is 11.7 Å². The Morgan fingerprint density at radius 2 is 1.21 bits per heavy atom. The first kappa shape index (κ1) is 21.0. The molecule has 0 amide bonds. The molecule has 0 fully saturated rings. The van der Waals surface area contributed by atoms with E-state index in [4.69, 9.17) is 0 Å². The van der Waals surface area contributed by atoms with Crippen molar-refractivity contribution in [2.75, 3.05) is 0 Å². The van der Waals surface area contributed by atoms with Crippen LogP contribution in [0.5, 0.6) is 11.5 Å². The van der Waals surface area contributed by atoms with Gasteiger partial charge in [-0.2, -0.15) is 22.0 Å². The zero-order valence-electron chi connectivity index (χ0n) is 15.1. The molecule has 29 heavy (non-hydrogen) atoms. The van der Waals surface area contributed by atoms with Crippen molar-refractivity contribution in [2.24, 2.45) is 0 Å². The van der Waals surface area contributed by atoms with Gasteiger partial charge in [0.15, 0.2) is 0 Å². The lowest BCUT2D eigenvalue weighted by Crippen LogP contribution is -2.54. The number of hydrogen-bond acceptors (Lipinski definition) is 2. The van der Waals surface area contributed by atoms with Gasteiger partial charge in [0.1, 0.15) is 11.5 Å². The summed E-state index contributed by atoms with van der Waals surface area (Å²) in [7, 11) is 0.